The maximum atomic E-state index is 5.10. The van der Waals surface area contributed by atoms with Crippen LogP contribution in [0.2, 0.25) is 0 Å². The molecule has 4 rings (SSSR count). The summed E-state index contributed by atoms with van der Waals surface area (Å²) in [5.41, 5.74) is 11.7. The molecule has 0 fully saturated rings. The van der Waals surface area contributed by atoms with E-state index in [4.69, 9.17) is 9.47 Å². The van der Waals surface area contributed by atoms with Gasteiger partial charge in [0.05, 0.1) is 13.2 Å². The Morgan fingerprint density at radius 1 is 0.375 bits per heavy atom. The van der Waals surface area contributed by atoms with Crippen molar-refractivity contribution in [3.63, 3.8) is 0 Å². The summed E-state index contributed by atoms with van der Waals surface area (Å²) in [6.45, 7) is 32.4. The van der Waals surface area contributed by atoms with Gasteiger partial charge in [0.1, 0.15) is 0 Å². The molecule has 0 aliphatic heterocycles. The average molecular weight is 653 g/mol. The van der Waals surface area contributed by atoms with Gasteiger partial charge in [-0.1, -0.05) is 191 Å². The molecule has 0 amide bonds. The summed E-state index contributed by atoms with van der Waals surface area (Å²) in [6, 6.07) is 34.6. The Bertz CT molecular complexity index is 1450. The van der Waals surface area contributed by atoms with Gasteiger partial charge in [0.15, 0.2) is 0 Å². The van der Waals surface area contributed by atoms with E-state index < -0.39 is 0 Å². The van der Waals surface area contributed by atoms with E-state index in [0.717, 1.165) is 0 Å². The van der Waals surface area contributed by atoms with E-state index in [0.29, 0.717) is 13.2 Å². The van der Waals surface area contributed by atoms with Gasteiger partial charge in [-0.05, 0) is 68.9 Å². The third-order valence-corrected chi connectivity index (χ3v) is 8.04. The van der Waals surface area contributed by atoms with Gasteiger partial charge in [-0.15, -0.1) is 0 Å². The standard InChI is InChI=1S/2C12H18O.2C11H16/c1-12(2,3)11-7-5-10(6-8-11)9-13-4;1-12(2,3)11-7-5-6-10(8-11)9-13-4;1-9-5-7-10(8-6-9)11(2,3)4;1-9-6-5-7-10(8-9)11(2,3)4/h2*5-8H,9H2,1-4H3;2*5-8H,1-4H3. The van der Waals surface area contributed by atoms with Crippen molar-refractivity contribution in [3.05, 3.63) is 142 Å². The summed E-state index contributed by atoms with van der Waals surface area (Å²) in [6.07, 6.45) is 0. The molecule has 0 N–H and O–H groups in total. The maximum absolute atomic E-state index is 5.10. The minimum absolute atomic E-state index is 0.226. The molecule has 0 aliphatic carbocycles. The van der Waals surface area contributed by atoms with Crippen LogP contribution in [0.25, 0.3) is 0 Å². The van der Waals surface area contributed by atoms with Crippen LogP contribution in [0.1, 0.15) is 128 Å². The molecule has 4 aromatic carbocycles. The number of hydrogen-bond donors (Lipinski definition) is 0. The third-order valence-electron chi connectivity index (χ3n) is 8.04. The molecule has 0 radical (unpaired) electrons. The molecule has 0 aliphatic rings. The minimum Gasteiger partial charge on any atom is -0.380 e. The van der Waals surface area contributed by atoms with Crippen molar-refractivity contribution in [3.8, 4) is 0 Å². The SMILES string of the molecule is COCc1ccc(C(C)(C)C)cc1.COCc1cccc(C(C)(C)C)c1.Cc1ccc(C(C)(C)C)cc1.Cc1cccc(C(C)(C)C)c1. The largest absolute Gasteiger partial charge is 0.380 e. The van der Waals surface area contributed by atoms with Crippen molar-refractivity contribution in [2.75, 3.05) is 14.2 Å². The first-order chi connectivity index (χ1) is 22.1. The monoisotopic (exact) mass is 653 g/mol. The van der Waals surface area contributed by atoms with Gasteiger partial charge >= 0.3 is 0 Å². The second-order valence-corrected chi connectivity index (χ2v) is 17.0. The van der Waals surface area contributed by atoms with Crippen LogP contribution >= 0.6 is 0 Å². The molecule has 264 valence electrons. The highest BCUT2D eigenvalue weighted by molar-refractivity contribution is 5.30. The van der Waals surface area contributed by atoms with Crippen LogP contribution in [0, 0.1) is 13.8 Å². The normalized spacial score (nSPS) is 11.7. The maximum Gasteiger partial charge on any atom is 0.0713 e. The lowest BCUT2D eigenvalue weighted by molar-refractivity contribution is 0.185. The lowest BCUT2D eigenvalue weighted by Crippen LogP contribution is -2.11. The van der Waals surface area contributed by atoms with Gasteiger partial charge in [0.25, 0.3) is 0 Å². The van der Waals surface area contributed by atoms with Crippen LogP contribution in [0.3, 0.4) is 0 Å². The topological polar surface area (TPSA) is 18.5 Å². The first kappa shape index (κ1) is 42.8. The Hall–Kier alpha value is -3.20. The number of rotatable bonds is 4. The Balaban J connectivity index is 0.000000321. The second-order valence-electron chi connectivity index (χ2n) is 17.0. The summed E-state index contributed by atoms with van der Waals surface area (Å²) in [5.74, 6) is 0. The molecule has 0 saturated heterocycles. The molecule has 0 unspecified atom stereocenters. The van der Waals surface area contributed by atoms with Gasteiger partial charge in [0.2, 0.25) is 0 Å². The highest BCUT2D eigenvalue weighted by atomic mass is 16.5. The van der Waals surface area contributed by atoms with Gasteiger partial charge in [0, 0.05) is 14.2 Å². The fraction of sp³-hybridized carbons (Fsp3) is 0.478. The molecular weight excluding hydrogens is 585 g/mol. The quantitative estimate of drug-likeness (QED) is 0.218. The van der Waals surface area contributed by atoms with E-state index in [2.05, 4.69) is 194 Å². The lowest BCUT2D eigenvalue weighted by Gasteiger charge is -2.19. The van der Waals surface area contributed by atoms with Crippen molar-refractivity contribution < 1.29 is 9.47 Å². The molecule has 0 heterocycles. The van der Waals surface area contributed by atoms with Crippen molar-refractivity contribution in [1.29, 1.82) is 0 Å². The Morgan fingerprint density at radius 2 is 0.750 bits per heavy atom. The van der Waals surface area contributed by atoms with E-state index in [1.807, 2.05) is 0 Å². The molecule has 48 heavy (non-hydrogen) atoms. The van der Waals surface area contributed by atoms with Gasteiger partial charge in [-0.2, -0.15) is 0 Å². The lowest BCUT2D eigenvalue weighted by atomic mass is 9.86. The summed E-state index contributed by atoms with van der Waals surface area (Å²) in [5, 5.41) is 0. The van der Waals surface area contributed by atoms with Crippen molar-refractivity contribution in [2.45, 2.75) is 132 Å². The van der Waals surface area contributed by atoms with E-state index in [1.54, 1.807) is 14.2 Å². The van der Waals surface area contributed by atoms with Crippen LogP contribution in [0.5, 0.6) is 0 Å². The third kappa shape index (κ3) is 16.8. The Labute approximate surface area is 296 Å². The number of aryl methyl sites for hydroxylation is 2. The number of hydrogen-bond acceptors (Lipinski definition) is 2. The molecule has 0 bridgehead atoms. The van der Waals surface area contributed by atoms with Gasteiger partial charge < -0.3 is 9.47 Å². The molecule has 0 atom stereocenters. The van der Waals surface area contributed by atoms with Crippen LogP contribution in [0.15, 0.2) is 97.1 Å². The fourth-order valence-electron chi connectivity index (χ4n) is 4.73. The van der Waals surface area contributed by atoms with Crippen LogP contribution < -0.4 is 0 Å². The minimum atomic E-state index is 0.226. The smallest absolute Gasteiger partial charge is 0.0713 e. The first-order valence-electron chi connectivity index (χ1n) is 17.4. The van der Waals surface area contributed by atoms with Crippen molar-refractivity contribution >= 4 is 0 Å². The van der Waals surface area contributed by atoms with Crippen molar-refractivity contribution in [1.82, 2.24) is 0 Å². The number of ether oxygens (including phenoxy) is 2. The average Bonchev–Trinajstić information content (AvgIpc) is 2.97. The number of methoxy groups -OCH3 is 2. The molecular formula is C46H68O2. The highest BCUT2D eigenvalue weighted by Crippen LogP contribution is 2.25. The van der Waals surface area contributed by atoms with Gasteiger partial charge in [-0.3, -0.25) is 0 Å². The van der Waals surface area contributed by atoms with Crippen LogP contribution in [-0.2, 0) is 44.3 Å². The predicted molar refractivity (Wildman–Crippen MR) is 211 cm³/mol. The zero-order chi connectivity index (χ0) is 36.8. The van der Waals surface area contributed by atoms with Crippen LogP contribution in [0.4, 0.5) is 0 Å². The molecule has 4 aromatic rings. The Morgan fingerprint density at radius 3 is 1.12 bits per heavy atom. The second kappa shape index (κ2) is 19.1. The molecule has 0 saturated carbocycles. The van der Waals surface area contributed by atoms with E-state index in [-0.39, 0.29) is 21.7 Å². The Kier molecular flexibility index (Phi) is 17.0. The predicted octanol–water partition coefficient (Wildman–Crippen LogP) is 12.8. The number of benzene rings is 4. The summed E-state index contributed by atoms with van der Waals surface area (Å²) in [4.78, 5) is 0. The molecule has 2 heteroatoms. The molecule has 0 aromatic heterocycles. The summed E-state index contributed by atoms with van der Waals surface area (Å²) in [7, 11) is 3.45. The molecule has 2 nitrogen and oxygen atoms in total. The van der Waals surface area contributed by atoms with E-state index >= 15 is 0 Å². The van der Waals surface area contributed by atoms with E-state index in [1.165, 1.54) is 44.5 Å². The highest BCUT2D eigenvalue weighted by Gasteiger charge is 2.15. The van der Waals surface area contributed by atoms with Gasteiger partial charge in [-0.25, -0.2) is 0 Å². The van der Waals surface area contributed by atoms with E-state index in [9.17, 15) is 0 Å². The fourth-order valence-corrected chi connectivity index (χ4v) is 4.73. The first-order valence-corrected chi connectivity index (χ1v) is 17.4. The zero-order valence-electron chi connectivity index (χ0n) is 33.5. The summed E-state index contributed by atoms with van der Waals surface area (Å²) < 4.78 is 10.1. The van der Waals surface area contributed by atoms with Crippen LogP contribution in [-0.4, -0.2) is 14.2 Å². The molecule has 0 spiro atoms. The summed E-state index contributed by atoms with van der Waals surface area (Å²) >= 11 is 0. The van der Waals surface area contributed by atoms with Crippen molar-refractivity contribution in [2.24, 2.45) is 0 Å². The zero-order valence-corrected chi connectivity index (χ0v) is 33.5.